The molecule has 1 unspecified atom stereocenters. The Kier molecular flexibility index (Phi) is 5.17. The largest absolute Gasteiger partial charge is 0.394 e. The van der Waals surface area contributed by atoms with E-state index in [4.69, 9.17) is 16.7 Å². The maximum Gasteiger partial charge on any atom is 0.223 e. The van der Waals surface area contributed by atoms with Crippen LogP contribution in [0.3, 0.4) is 0 Å². The number of rotatable bonds is 5. The summed E-state index contributed by atoms with van der Waals surface area (Å²) in [5, 5.41) is 12.6. The van der Waals surface area contributed by atoms with Gasteiger partial charge in [-0.2, -0.15) is 0 Å². The summed E-state index contributed by atoms with van der Waals surface area (Å²) >= 11 is 5.90. The van der Waals surface area contributed by atoms with Crippen LogP contribution < -0.4 is 5.32 Å². The van der Waals surface area contributed by atoms with Crippen molar-refractivity contribution in [3.63, 3.8) is 0 Å². The summed E-state index contributed by atoms with van der Waals surface area (Å²) < 4.78 is 0. The van der Waals surface area contributed by atoms with E-state index in [1.54, 1.807) is 13.8 Å². The molecule has 1 rings (SSSR count). The van der Waals surface area contributed by atoms with Crippen LogP contribution in [0.25, 0.3) is 0 Å². The van der Waals surface area contributed by atoms with Crippen molar-refractivity contribution in [1.29, 1.82) is 0 Å². The van der Waals surface area contributed by atoms with Crippen LogP contribution in [-0.4, -0.2) is 23.2 Å². The Labute approximate surface area is 113 Å². The van der Waals surface area contributed by atoms with Gasteiger partial charge in [-0.3, -0.25) is 4.79 Å². The number of halogens is 1. The highest BCUT2D eigenvalue weighted by molar-refractivity contribution is 6.30. The molecule has 0 fully saturated rings. The monoisotopic (exact) mass is 269 g/mol. The lowest BCUT2D eigenvalue weighted by atomic mass is 9.98. The number of hydrogen-bond acceptors (Lipinski definition) is 2. The summed E-state index contributed by atoms with van der Waals surface area (Å²) in [6.45, 7) is 5.36. The molecule has 0 aliphatic carbocycles. The smallest absolute Gasteiger partial charge is 0.223 e. The van der Waals surface area contributed by atoms with E-state index in [0.717, 1.165) is 5.56 Å². The zero-order valence-corrected chi connectivity index (χ0v) is 11.8. The first-order valence-electron chi connectivity index (χ1n) is 6.01. The third-order valence-corrected chi connectivity index (χ3v) is 2.97. The van der Waals surface area contributed by atoms with E-state index < -0.39 is 5.54 Å². The van der Waals surface area contributed by atoms with Crippen LogP contribution in [0, 0.1) is 5.92 Å². The number of hydrogen-bond donors (Lipinski definition) is 2. The maximum absolute atomic E-state index is 12.0. The minimum absolute atomic E-state index is 0.0611. The molecule has 0 heterocycles. The minimum Gasteiger partial charge on any atom is -0.394 e. The molecule has 0 aromatic heterocycles. The van der Waals surface area contributed by atoms with Crippen molar-refractivity contribution in [2.75, 3.05) is 6.61 Å². The molecule has 0 spiro atoms. The zero-order chi connectivity index (χ0) is 13.8. The van der Waals surface area contributed by atoms with Crippen LogP contribution >= 0.6 is 11.6 Å². The van der Waals surface area contributed by atoms with Crippen molar-refractivity contribution in [3.05, 3.63) is 34.9 Å². The molecule has 0 saturated carbocycles. The molecule has 1 aromatic carbocycles. The van der Waals surface area contributed by atoms with E-state index in [2.05, 4.69) is 5.32 Å². The molecule has 0 radical (unpaired) electrons. The van der Waals surface area contributed by atoms with Crippen molar-refractivity contribution in [2.24, 2.45) is 5.92 Å². The van der Waals surface area contributed by atoms with Crippen LogP contribution in [0.4, 0.5) is 0 Å². The summed E-state index contributed by atoms with van der Waals surface area (Å²) in [4.78, 5) is 12.0. The van der Waals surface area contributed by atoms with Gasteiger partial charge in [0.1, 0.15) is 0 Å². The second-order valence-corrected chi connectivity index (χ2v) is 5.70. The summed E-state index contributed by atoms with van der Waals surface area (Å²) in [6.07, 6.45) is 0.633. The van der Waals surface area contributed by atoms with Gasteiger partial charge in [0.15, 0.2) is 0 Å². The summed E-state index contributed by atoms with van der Waals surface area (Å²) in [7, 11) is 0. The number of carbonyl (C=O) groups is 1. The van der Waals surface area contributed by atoms with Crippen LogP contribution in [0.2, 0.25) is 5.02 Å². The Morgan fingerprint density at radius 1 is 1.50 bits per heavy atom. The van der Waals surface area contributed by atoms with E-state index in [0.29, 0.717) is 11.4 Å². The first-order valence-corrected chi connectivity index (χ1v) is 6.39. The van der Waals surface area contributed by atoms with Crippen LogP contribution in [0.15, 0.2) is 24.3 Å². The van der Waals surface area contributed by atoms with Gasteiger partial charge in [-0.15, -0.1) is 0 Å². The van der Waals surface area contributed by atoms with Crippen molar-refractivity contribution in [2.45, 2.75) is 32.7 Å². The zero-order valence-electron chi connectivity index (χ0n) is 11.0. The molecule has 0 bridgehead atoms. The molecule has 1 atom stereocenters. The maximum atomic E-state index is 12.0. The molecular weight excluding hydrogens is 250 g/mol. The summed E-state index contributed by atoms with van der Waals surface area (Å²) in [5.74, 6) is -0.219. The first kappa shape index (κ1) is 15.0. The first-order chi connectivity index (χ1) is 8.34. The number of amides is 1. The minimum atomic E-state index is -0.584. The lowest BCUT2D eigenvalue weighted by molar-refractivity contribution is -0.126. The number of aliphatic hydroxyl groups is 1. The van der Waals surface area contributed by atoms with Gasteiger partial charge in [0, 0.05) is 10.9 Å². The molecule has 0 saturated heterocycles. The second-order valence-electron chi connectivity index (χ2n) is 5.27. The fourth-order valence-corrected chi connectivity index (χ4v) is 1.82. The Balaban J connectivity index is 2.60. The molecule has 1 amide bonds. The van der Waals surface area contributed by atoms with E-state index in [9.17, 15) is 4.79 Å². The van der Waals surface area contributed by atoms with Crippen molar-refractivity contribution < 1.29 is 9.90 Å². The SMILES string of the molecule is CC(Cc1cccc(Cl)c1)C(=O)NC(C)(C)CO. The Morgan fingerprint density at radius 2 is 2.17 bits per heavy atom. The van der Waals surface area contributed by atoms with Crippen molar-refractivity contribution >= 4 is 17.5 Å². The van der Waals surface area contributed by atoms with Crippen molar-refractivity contribution in [1.82, 2.24) is 5.32 Å². The molecule has 0 aliphatic heterocycles. The van der Waals surface area contributed by atoms with E-state index in [1.165, 1.54) is 0 Å². The molecule has 2 N–H and O–H groups in total. The highest BCUT2D eigenvalue weighted by Gasteiger charge is 2.22. The predicted molar refractivity (Wildman–Crippen MR) is 73.6 cm³/mol. The number of nitrogens with one attached hydrogen (secondary N) is 1. The third-order valence-electron chi connectivity index (χ3n) is 2.74. The van der Waals surface area contributed by atoms with Crippen molar-refractivity contribution in [3.8, 4) is 0 Å². The molecule has 100 valence electrons. The second kappa shape index (κ2) is 6.21. The fourth-order valence-electron chi connectivity index (χ4n) is 1.61. The quantitative estimate of drug-likeness (QED) is 0.862. The molecular formula is C14H20ClNO2. The average Bonchev–Trinajstić information content (AvgIpc) is 2.28. The van der Waals surface area contributed by atoms with Gasteiger partial charge in [0.2, 0.25) is 5.91 Å². The number of carbonyl (C=O) groups excluding carboxylic acids is 1. The Morgan fingerprint density at radius 3 is 2.72 bits per heavy atom. The lowest BCUT2D eigenvalue weighted by Crippen LogP contribution is -2.48. The normalized spacial score (nSPS) is 13.2. The summed E-state index contributed by atoms with van der Waals surface area (Å²) in [6, 6.07) is 7.50. The van der Waals surface area contributed by atoms with Crippen LogP contribution in [0.5, 0.6) is 0 Å². The fraction of sp³-hybridized carbons (Fsp3) is 0.500. The van der Waals surface area contributed by atoms with Gasteiger partial charge < -0.3 is 10.4 Å². The van der Waals surface area contributed by atoms with Gasteiger partial charge in [-0.1, -0.05) is 30.7 Å². The van der Waals surface area contributed by atoms with E-state index >= 15 is 0 Å². The highest BCUT2D eigenvalue weighted by Crippen LogP contribution is 2.15. The Hall–Kier alpha value is -1.06. The number of benzene rings is 1. The molecule has 3 nitrogen and oxygen atoms in total. The molecule has 1 aromatic rings. The topological polar surface area (TPSA) is 49.3 Å². The van der Waals surface area contributed by atoms with Gasteiger partial charge in [-0.05, 0) is 38.0 Å². The molecule has 18 heavy (non-hydrogen) atoms. The van der Waals surface area contributed by atoms with E-state index in [-0.39, 0.29) is 18.4 Å². The standard InChI is InChI=1S/C14H20ClNO2/c1-10(13(18)16-14(2,3)9-17)7-11-5-4-6-12(15)8-11/h4-6,8,10,17H,7,9H2,1-3H3,(H,16,18). The van der Waals surface area contributed by atoms with Gasteiger partial charge in [0.25, 0.3) is 0 Å². The van der Waals surface area contributed by atoms with Gasteiger partial charge in [-0.25, -0.2) is 0 Å². The Bertz CT molecular complexity index is 418. The van der Waals surface area contributed by atoms with Crippen LogP contribution in [0.1, 0.15) is 26.3 Å². The lowest BCUT2D eigenvalue weighted by Gasteiger charge is -2.25. The van der Waals surface area contributed by atoms with Crippen LogP contribution in [-0.2, 0) is 11.2 Å². The predicted octanol–water partition coefficient (Wildman–Crippen LogP) is 2.41. The summed E-state index contributed by atoms with van der Waals surface area (Å²) in [5.41, 5.74) is 0.451. The highest BCUT2D eigenvalue weighted by atomic mass is 35.5. The third kappa shape index (κ3) is 4.67. The molecule has 4 heteroatoms. The number of aliphatic hydroxyl groups excluding tert-OH is 1. The molecule has 0 aliphatic rings. The van der Waals surface area contributed by atoms with E-state index in [1.807, 2.05) is 31.2 Å². The van der Waals surface area contributed by atoms with Gasteiger partial charge >= 0.3 is 0 Å². The average molecular weight is 270 g/mol. The van der Waals surface area contributed by atoms with Gasteiger partial charge in [0.05, 0.1) is 12.1 Å².